The summed E-state index contributed by atoms with van der Waals surface area (Å²) < 4.78 is 5.99. The molecule has 0 spiro atoms. The van der Waals surface area contributed by atoms with Crippen molar-refractivity contribution in [2.45, 2.75) is 0 Å². The molecule has 1 fully saturated rings. The predicted octanol–water partition coefficient (Wildman–Crippen LogP) is 2.76. The number of urea groups is 1. The van der Waals surface area contributed by atoms with E-state index in [1.807, 2.05) is 48.2 Å². The highest BCUT2D eigenvalue weighted by Crippen LogP contribution is 2.31. The van der Waals surface area contributed by atoms with E-state index in [2.05, 4.69) is 10.2 Å². The summed E-state index contributed by atoms with van der Waals surface area (Å²) in [4.78, 5) is 13.5. The average molecular weight is 331 g/mol. The highest BCUT2D eigenvalue weighted by Gasteiger charge is 2.11. The first-order valence-corrected chi connectivity index (χ1v) is 8.90. The van der Waals surface area contributed by atoms with E-state index in [4.69, 9.17) is 10.5 Å². The number of nitrogens with one attached hydrogen (secondary N) is 1. The van der Waals surface area contributed by atoms with Gasteiger partial charge in [-0.3, -0.25) is 4.90 Å². The summed E-state index contributed by atoms with van der Waals surface area (Å²) in [5.41, 5.74) is 5.93. The molecular weight excluding hydrogens is 310 g/mol. The lowest BCUT2D eigenvalue weighted by molar-refractivity contribution is 0.224. The van der Waals surface area contributed by atoms with E-state index in [9.17, 15) is 4.79 Å². The summed E-state index contributed by atoms with van der Waals surface area (Å²) in [6, 6.07) is 11.0. The lowest BCUT2D eigenvalue weighted by Gasteiger charge is -2.26. The van der Waals surface area contributed by atoms with Crippen molar-refractivity contribution in [3.63, 3.8) is 0 Å². The Balaban J connectivity index is 1.72. The number of nitrogens with zero attached hydrogens (tertiary/aromatic N) is 1. The van der Waals surface area contributed by atoms with Crippen molar-refractivity contribution in [2.75, 3.05) is 43.1 Å². The Morgan fingerprint density at radius 3 is 2.65 bits per heavy atom. The molecule has 1 heterocycles. The number of ether oxygens (including phenoxy) is 1. The van der Waals surface area contributed by atoms with Gasteiger partial charge in [0.05, 0.1) is 5.69 Å². The van der Waals surface area contributed by atoms with Crippen molar-refractivity contribution >= 4 is 34.3 Å². The maximum absolute atomic E-state index is 11.1. The zero-order valence-electron chi connectivity index (χ0n) is 13.0. The van der Waals surface area contributed by atoms with Crippen molar-refractivity contribution < 1.29 is 9.53 Å². The SMILES string of the molecule is NC(=O)Nc1ccc(OCCN2CCSCC2)c2ccccc12. The maximum Gasteiger partial charge on any atom is 0.316 e. The van der Waals surface area contributed by atoms with Gasteiger partial charge >= 0.3 is 6.03 Å². The van der Waals surface area contributed by atoms with Gasteiger partial charge in [0.2, 0.25) is 0 Å². The molecule has 0 saturated carbocycles. The summed E-state index contributed by atoms with van der Waals surface area (Å²) in [6.07, 6.45) is 0. The van der Waals surface area contributed by atoms with E-state index in [1.54, 1.807) is 0 Å². The summed E-state index contributed by atoms with van der Waals surface area (Å²) in [6.45, 7) is 3.87. The van der Waals surface area contributed by atoms with E-state index in [0.717, 1.165) is 36.2 Å². The Labute approximate surface area is 140 Å². The third kappa shape index (κ3) is 4.09. The molecule has 3 rings (SSSR count). The van der Waals surface area contributed by atoms with Crippen molar-refractivity contribution in [1.82, 2.24) is 4.90 Å². The highest BCUT2D eigenvalue weighted by molar-refractivity contribution is 7.99. The molecule has 0 unspecified atom stereocenters. The van der Waals surface area contributed by atoms with Gasteiger partial charge in [0.15, 0.2) is 0 Å². The van der Waals surface area contributed by atoms with Crippen LogP contribution in [0.2, 0.25) is 0 Å². The molecule has 6 heteroatoms. The summed E-state index contributed by atoms with van der Waals surface area (Å²) in [5, 5.41) is 4.56. The number of carbonyl (C=O) groups excluding carboxylic acids is 1. The van der Waals surface area contributed by atoms with Crippen LogP contribution in [-0.4, -0.2) is 48.7 Å². The fraction of sp³-hybridized carbons (Fsp3) is 0.353. The Bertz CT molecular complexity index is 687. The number of hydrogen-bond acceptors (Lipinski definition) is 4. The molecule has 5 nitrogen and oxygen atoms in total. The molecule has 0 atom stereocenters. The van der Waals surface area contributed by atoms with Gasteiger partial charge in [-0.05, 0) is 12.1 Å². The van der Waals surface area contributed by atoms with E-state index >= 15 is 0 Å². The Kier molecular flexibility index (Phi) is 5.25. The molecule has 23 heavy (non-hydrogen) atoms. The molecular formula is C17H21N3O2S. The molecule has 0 aliphatic carbocycles. The monoisotopic (exact) mass is 331 g/mol. The largest absolute Gasteiger partial charge is 0.492 e. The smallest absolute Gasteiger partial charge is 0.316 e. The molecule has 2 amide bonds. The highest BCUT2D eigenvalue weighted by atomic mass is 32.2. The fourth-order valence-electron chi connectivity index (χ4n) is 2.75. The minimum atomic E-state index is -0.563. The van der Waals surface area contributed by atoms with Gasteiger partial charge in [-0.15, -0.1) is 0 Å². The zero-order chi connectivity index (χ0) is 16.1. The van der Waals surface area contributed by atoms with Gasteiger partial charge in [0.1, 0.15) is 12.4 Å². The number of primary amides is 1. The normalized spacial score (nSPS) is 15.5. The summed E-state index contributed by atoms with van der Waals surface area (Å²) in [5.74, 6) is 3.24. The number of thioether (sulfide) groups is 1. The van der Waals surface area contributed by atoms with Gasteiger partial charge in [-0.1, -0.05) is 24.3 Å². The maximum atomic E-state index is 11.1. The molecule has 2 aromatic rings. The van der Waals surface area contributed by atoms with Crippen LogP contribution in [-0.2, 0) is 0 Å². The molecule has 1 aliphatic rings. The fourth-order valence-corrected chi connectivity index (χ4v) is 3.73. The standard InChI is InChI=1S/C17H21N3O2S/c18-17(21)19-15-5-6-16(14-4-2-1-3-13(14)15)22-10-7-20-8-11-23-12-9-20/h1-6H,7-12H2,(H3,18,19,21). The number of carbonyl (C=O) groups is 1. The Hall–Kier alpha value is -1.92. The van der Waals surface area contributed by atoms with Crippen LogP contribution in [0.3, 0.4) is 0 Å². The van der Waals surface area contributed by atoms with Crippen molar-refractivity contribution in [2.24, 2.45) is 5.73 Å². The molecule has 1 aliphatic heterocycles. The summed E-state index contributed by atoms with van der Waals surface area (Å²) >= 11 is 2.01. The van der Waals surface area contributed by atoms with Gasteiger partial charge < -0.3 is 15.8 Å². The van der Waals surface area contributed by atoms with Crippen LogP contribution in [0.4, 0.5) is 10.5 Å². The number of benzene rings is 2. The quantitative estimate of drug-likeness (QED) is 0.884. The van der Waals surface area contributed by atoms with Crippen LogP contribution in [0, 0.1) is 0 Å². The van der Waals surface area contributed by atoms with Crippen LogP contribution in [0.5, 0.6) is 5.75 Å². The second-order valence-corrected chi connectivity index (χ2v) is 6.67. The minimum Gasteiger partial charge on any atom is -0.492 e. The first kappa shape index (κ1) is 16.0. The lowest BCUT2D eigenvalue weighted by atomic mass is 10.1. The molecule has 2 aromatic carbocycles. The van der Waals surface area contributed by atoms with Crippen LogP contribution in [0.1, 0.15) is 0 Å². The van der Waals surface area contributed by atoms with Crippen LogP contribution < -0.4 is 15.8 Å². The molecule has 3 N–H and O–H groups in total. The number of rotatable bonds is 5. The molecule has 0 aromatic heterocycles. The number of hydrogen-bond donors (Lipinski definition) is 2. The van der Waals surface area contributed by atoms with E-state index in [-0.39, 0.29) is 0 Å². The minimum absolute atomic E-state index is 0.563. The van der Waals surface area contributed by atoms with Crippen molar-refractivity contribution in [1.29, 1.82) is 0 Å². The third-order valence-electron chi connectivity index (χ3n) is 3.91. The second kappa shape index (κ2) is 7.57. The average Bonchev–Trinajstić information content (AvgIpc) is 2.57. The van der Waals surface area contributed by atoms with Gasteiger partial charge in [-0.2, -0.15) is 11.8 Å². The van der Waals surface area contributed by atoms with Gasteiger partial charge in [-0.25, -0.2) is 4.79 Å². The first-order valence-electron chi connectivity index (χ1n) is 7.75. The first-order chi connectivity index (χ1) is 11.2. The Morgan fingerprint density at radius 2 is 1.91 bits per heavy atom. The lowest BCUT2D eigenvalue weighted by Crippen LogP contribution is -2.35. The van der Waals surface area contributed by atoms with E-state index in [1.165, 1.54) is 11.5 Å². The van der Waals surface area contributed by atoms with Crippen molar-refractivity contribution in [3.05, 3.63) is 36.4 Å². The van der Waals surface area contributed by atoms with E-state index < -0.39 is 6.03 Å². The molecule has 0 radical (unpaired) electrons. The topological polar surface area (TPSA) is 67.6 Å². The van der Waals surface area contributed by atoms with Crippen LogP contribution in [0.25, 0.3) is 10.8 Å². The molecule has 122 valence electrons. The Morgan fingerprint density at radius 1 is 1.17 bits per heavy atom. The van der Waals surface area contributed by atoms with Gasteiger partial charge in [0.25, 0.3) is 0 Å². The van der Waals surface area contributed by atoms with E-state index in [0.29, 0.717) is 12.3 Å². The van der Waals surface area contributed by atoms with Gasteiger partial charge in [0, 0.05) is 41.9 Å². The second-order valence-electron chi connectivity index (χ2n) is 5.45. The number of fused-ring (bicyclic) bond motifs is 1. The third-order valence-corrected chi connectivity index (χ3v) is 4.85. The molecule has 1 saturated heterocycles. The molecule has 0 bridgehead atoms. The predicted molar refractivity (Wildman–Crippen MR) is 96.4 cm³/mol. The number of anilines is 1. The zero-order valence-corrected chi connectivity index (χ0v) is 13.8. The number of amides is 2. The van der Waals surface area contributed by atoms with Crippen LogP contribution >= 0.6 is 11.8 Å². The number of nitrogens with two attached hydrogens (primary N) is 1. The van der Waals surface area contributed by atoms with Crippen LogP contribution in [0.15, 0.2) is 36.4 Å². The summed E-state index contributed by atoms with van der Waals surface area (Å²) in [7, 11) is 0. The van der Waals surface area contributed by atoms with Crippen molar-refractivity contribution in [3.8, 4) is 5.75 Å².